The van der Waals surface area contributed by atoms with E-state index in [1.807, 2.05) is 19.0 Å². The third-order valence-electron chi connectivity index (χ3n) is 5.00. The molecule has 3 heterocycles. The van der Waals surface area contributed by atoms with E-state index in [9.17, 15) is 0 Å². The molecule has 2 atom stereocenters. The predicted octanol–water partition coefficient (Wildman–Crippen LogP) is 1.07. The number of fused-ring (bicyclic) bond motifs is 1. The fourth-order valence-electron chi connectivity index (χ4n) is 3.71. The predicted molar refractivity (Wildman–Crippen MR) is 80.1 cm³/mol. The zero-order chi connectivity index (χ0) is 13.7. The molecule has 3 aliphatic rings. The Balaban J connectivity index is 1.45. The van der Waals surface area contributed by atoms with E-state index < -0.39 is 0 Å². The minimum atomic E-state index is 0.841. The van der Waals surface area contributed by atoms with Crippen molar-refractivity contribution < 1.29 is 0 Å². The highest BCUT2D eigenvalue weighted by Gasteiger charge is 2.44. The number of rotatable bonds is 3. The van der Waals surface area contributed by atoms with Crippen molar-refractivity contribution in [1.82, 2.24) is 14.9 Å². The van der Waals surface area contributed by atoms with Gasteiger partial charge in [-0.3, -0.25) is 4.90 Å². The normalized spacial score (nSPS) is 29.8. The van der Waals surface area contributed by atoms with Crippen LogP contribution in [0.25, 0.3) is 0 Å². The number of aromatic nitrogens is 2. The number of nitrogens with zero attached hydrogens (tertiary/aromatic N) is 5. The van der Waals surface area contributed by atoms with Gasteiger partial charge in [-0.1, -0.05) is 0 Å². The molecule has 5 nitrogen and oxygen atoms in total. The second-order valence-electron chi connectivity index (χ2n) is 6.74. The first-order valence-electron chi connectivity index (χ1n) is 7.69. The molecule has 2 unspecified atom stereocenters. The summed E-state index contributed by atoms with van der Waals surface area (Å²) >= 11 is 0. The maximum atomic E-state index is 4.47. The Morgan fingerprint density at radius 1 is 1.05 bits per heavy atom. The highest BCUT2D eigenvalue weighted by atomic mass is 15.3. The summed E-state index contributed by atoms with van der Waals surface area (Å²) in [4.78, 5) is 16.0. The molecule has 1 aromatic rings. The van der Waals surface area contributed by atoms with Crippen LogP contribution in [0.5, 0.6) is 0 Å². The molecular weight excluding hydrogens is 250 g/mol. The SMILES string of the molecule is CN(C)c1cc(N2CC3CN(C4CC4)CC3C2)ncn1. The molecular formula is C15H23N5. The summed E-state index contributed by atoms with van der Waals surface area (Å²) in [6.45, 7) is 4.93. The Hall–Kier alpha value is -1.36. The Kier molecular flexibility index (Phi) is 2.84. The largest absolute Gasteiger partial charge is 0.363 e. The monoisotopic (exact) mass is 273 g/mol. The van der Waals surface area contributed by atoms with Crippen LogP contribution in [0.3, 0.4) is 0 Å². The topological polar surface area (TPSA) is 35.5 Å². The third kappa shape index (κ3) is 2.14. The quantitative estimate of drug-likeness (QED) is 0.823. The van der Waals surface area contributed by atoms with Crippen molar-refractivity contribution in [3.63, 3.8) is 0 Å². The summed E-state index contributed by atoms with van der Waals surface area (Å²) in [7, 11) is 4.05. The summed E-state index contributed by atoms with van der Waals surface area (Å²) in [5, 5.41) is 0. The van der Waals surface area contributed by atoms with Crippen LogP contribution in [0.4, 0.5) is 11.6 Å². The molecule has 5 heteroatoms. The molecule has 20 heavy (non-hydrogen) atoms. The maximum absolute atomic E-state index is 4.47. The number of hydrogen-bond donors (Lipinski definition) is 0. The fraction of sp³-hybridized carbons (Fsp3) is 0.733. The zero-order valence-corrected chi connectivity index (χ0v) is 12.4. The van der Waals surface area contributed by atoms with Crippen LogP contribution >= 0.6 is 0 Å². The number of anilines is 2. The summed E-state index contributed by atoms with van der Waals surface area (Å²) in [6.07, 6.45) is 4.55. The van der Waals surface area contributed by atoms with E-state index in [1.54, 1.807) is 6.33 Å². The molecule has 0 aromatic carbocycles. The smallest absolute Gasteiger partial charge is 0.134 e. The molecule has 1 aromatic heterocycles. The molecule has 1 saturated carbocycles. The van der Waals surface area contributed by atoms with E-state index in [-0.39, 0.29) is 0 Å². The van der Waals surface area contributed by atoms with Crippen LogP contribution in [0.1, 0.15) is 12.8 Å². The lowest BCUT2D eigenvalue weighted by Crippen LogP contribution is -2.30. The Labute approximate surface area is 120 Å². The number of likely N-dealkylation sites (tertiary alicyclic amines) is 1. The average Bonchev–Trinajstić information content (AvgIpc) is 3.09. The summed E-state index contributed by atoms with van der Waals surface area (Å²) in [6, 6.07) is 3.04. The summed E-state index contributed by atoms with van der Waals surface area (Å²) < 4.78 is 0. The Morgan fingerprint density at radius 3 is 2.35 bits per heavy atom. The first kappa shape index (κ1) is 12.4. The average molecular weight is 273 g/mol. The van der Waals surface area contributed by atoms with Gasteiger partial charge in [-0.15, -0.1) is 0 Å². The molecule has 0 radical (unpaired) electrons. The van der Waals surface area contributed by atoms with Crippen molar-refractivity contribution in [2.75, 3.05) is 50.1 Å². The Bertz CT molecular complexity index is 485. The first-order valence-corrected chi connectivity index (χ1v) is 7.69. The zero-order valence-electron chi connectivity index (χ0n) is 12.4. The minimum absolute atomic E-state index is 0.841. The van der Waals surface area contributed by atoms with Crippen LogP contribution in [-0.2, 0) is 0 Å². The van der Waals surface area contributed by atoms with E-state index in [0.29, 0.717) is 0 Å². The molecule has 108 valence electrons. The lowest BCUT2D eigenvalue weighted by molar-refractivity contribution is 0.306. The molecule has 0 bridgehead atoms. The van der Waals surface area contributed by atoms with E-state index >= 15 is 0 Å². The summed E-state index contributed by atoms with van der Waals surface area (Å²) in [5.74, 6) is 3.77. The van der Waals surface area contributed by atoms with Gasteiger partial charge < -0.3 is 9.80 Å². The van der Waals surface area contributed by atoms with Crippen LogP contribution < -0.4 is 9.80 Å². The van der Waals surface area contributed by atoms with Gasteiger partial charge in [0.25, 0.3) is 0 Å². The van der Waals surface area contributed by atoms with E-state index in [4.69, 9.17) is 0 Å². The fourth-order valence-corrected chi connectivity index (χ4v) is 3.71. The van der Waals surface area contributed by atoms with Crippen molar-refractivity contribution >= 4 is 11.6 Å². The van der Waals surface area contributed by atoms with Gasteiger partial charge in [0.15, 0.2) is 0 Å². The van der Waals surface area contributed by atoms with Gasteiger partial charge in [0.2, 0.25) is 0 Å². The molecule has 0 N–H and O–H groups in total. The lowest BCUT2D eigenvalue weighted by Gasteiger charge is -2.22. The van der Waals surface area contributed by atoms with Gasteiger partial charge >= 0.3 is 0 Å². The van der Waals surface area contributed by atoms with E-state index in [2.05, 4.69) is 25.8 Å². The standard InChI is InChI=1S/C15H23N5/c1-18(2)14-5-15(17-10-16-14)20-8-11-6-19(13-3-4-13)7-12(11)9-20/h5,10-13H,3-4,6-9H2,1-2H3. The van der Waals surface area contributed by atoms with Crippen molar-refractivity contribution in [3.8, 4) is 0 Å². The molecule has 0 amide bonds. The van der Waals surface area contributed by atoms with Crippen LogP contribution in [0.15, 0.2) is 12.4 Å². The van der Waals surface area contributed by atoms with E-state index in [0.717, 1.165) is 42.6 Å². The van der Waals surface area contributed by atoms with Gasteiger partial charge in [-0.25, -0.2) is 9.97 Å². The molecule has 0 spiro atoms. The first-order chi connectivity index (χ1) is 9.70. The summed E-state index contributed by atoms with van der Waals surface area (Å²) in [5.41, 5.74) is 0. The highest BCUT2D eigenvalue weighted by Crippen LogP contribution is 2.38. The lowest BCUT2D eigenvalue weighted by atomic mass is 10.0. The molecule has 4 rings (SSSR count). The van der Waals surface area contributed by atoms with Gasteiger partial charge in [-0.2, -0.15) is 0 Å². The van der Waals surface area contributed by atoms with Crippen molar-refractivity contribution in [3.05, 3.63) is 12.4 Å². The van der Waals surface area contributed by atoms with Gasteiger partial charge in [0.05, 0.1) is 0 Å². The van der Waals surface area contributed by atoms with Crippen molar-refractivity contribution in [2.24, 2.45) is 11.8 Å². The van der Waals surface area contributed by atoms with Gasteiger partial charge in [0, 0.05) is 52.4 Å². The van der Waals surface area contributed by atoms with E-state index in [1.165, 1.54) is 25.9 Å². The highest BCUT2D eigenvalue weighted by molar-refractivity contribution is 5.50. The molecule has 3 fully saturated rings. The minimum Gasteiger partial charge on any atom is -0.363 e. The number of hydrogen-bond acceptors (Lipinski definition) is 5. The molecule has 2 aliphatic heterocycles. The van der Waals surface area contributed by atoms with Crippen molar-refractivity contribution in [2.45, 2.75) is 18.9 Å². The van der Waals surface area contributed by atoms with Gasteiger partial charge in [0.1, 0.15) is 18.0 Å². The third-order valence-corrected chi connectivity index (χ3v) is 5.00. The second-order valence-corrected chi connectivity index (χ2v) is 6.74. The maximum Gasteiger partial charge on any atom is 0.134 e. The van der Waals surface area contributed by atoms with Gasteiger partial charge in [-0.05, 0) is 24.7 Å². The Morgan fingerprint density at radius 2 is 1.75 bits per heavy atom. The van der Waals surface area contributed by atoms with Crippen LogP contribution in [0.2, 0.25) is 0 Å². The van der Waals surface area contributed by atoms with Crippen molar-refractivity contribution in [1.29, 1.82) is 0 Å². The molecule has 2 saturated heterocycles. The second kappa shape index (κ2) is 4.58. The molecule has 1 aliphatic carbocycles. The van der Waals surface area contributed by atoms with Crippen LogP contribution in [0, 0.1) is 11.8 Å². The van der Waals surface area contributed by atoms with Crippen LogP contribution in [-0.4, -0.2) is 61.2 Å².